The van der Waals surface area contributed by atoms with Crippen LogP contribution in [0, 0.1) is 0 Å². The molecule has 2 saturated heterocycles. The number of benzene rings is 1. The maximum Gasteiger partial charge on any atom is 0.251 e. The topological polar surface area (TPSA) is 117 Å². The van der Waals surface area contributed by atoms with Gasteiger partial charge in [-0.1, -0.05) is 12.1 Å². The number of amides is 1. The number of nitrogens with two attached hydrogens (primary N) is 1. The van der Waals surface area contributed by atoms with Gasteiger partial charge in [-0.25, -0.2) is 13.6 Å². The summed E-state index contributed by atoms with van der Waals surface area (Å²) in [7, 11) is -2.03. The molecule has 2 fully saturated rings. The van der Waals surface area contributed by atoms with Crippen LogP contribution in [0.25, 0.3) is 0 Å². The number of carbonyl (C=O) groups is 1. The number of halogens is 1. The minimum absolute atomic E-state index is 0. The van der Waals surface area contributed by atoms with Gasteiger partial charge in [0.25, 0.3) is 5.91 Å². The molecule has 11 heteroatoms. The van der Waals surface area contributed by atoms with Crippen LogP contribution >= 0.6 is 24.0 Å². The lowest BCUT2D eigenvalue weighted by Gasteiger charge is -2.37. The first kappa shape index (κ1) is 23.8. The van der Waals surface area contributed by atoms with Gasteiger partial charge in [-0.05, 0) is 30.5 Å². The van der Waals surface area contributed by atoms with Gasteiger partial charge in [0, 0.05) is 46.4 Å². The van der Waals surface area contributed by atoms with Crippen LogP contribution in [0.15, 0.2) is 34.2 Å². The van der Waals surface area contributed by atoms with Crippen molar-refractivity contribution in [3.63, 3.8) is 0 Å². The van der Waals surface area contributed by atoms with Crippen LogP contribution in [0.1, 0.15) is 18.4 Å². The fourth-order valence-corrected chi connectivity index (χ4v) is 4.04. The van der Waals surface area contributed by atoms with Crippen LogP contribution in [0.2, 0.25) is 0 Å². The van der Waals surface area contributed by atoms with E-state index in [4.69, 9.17) is 9.88 Å². The monoisotopic (exact) mass is 537 g/mol. The van der Waals surface area contributed by atoms with Crippen molar-refractivity contribution in [2.24, 2.45) is 10.1 Å². The molecule has 3 N–H and O–H groups in total. The molecular formula is C18H28IN5O4S. The summed E-state index contributed by atoms with van der Waals surface area (Å²) >= 11 is 0. The molecule has 0 aliphatic carbocycles. The molecule has 0 bridgehead atoms. The molecule has 0 aromatic heterocycles. The zero-order valence-corrected chi connectivity index (χ0v) is 19.6. The molecule has 3 rings (SSSR count). The van der Waals surface area contributed by atoms with E-state index in [1.54, 1.807) is 19.2 Å². The Kier molecular flexibility index (Phi) is 8.67. The smallest absolute Gasteiger partial charge is 0.251 e. The van der Waals surface area contributed by atoms with E-state index >= 15 is 0 Å². The predicted molar refractivity (Wildman–Crippen MR) is 121 cm³/mol. The second-order valence-electron chi connectivity index (χ2n) is 6.91. The molecule has 1 aromatic carbocycles. The number of piperazine rings is 1. The van der Waals surface area contributed by atoms with Crippen molar-refractivity contribution in [2.75, 3.05) is 39.8 Å². The van der Waals surface area contributed by atoms with Crippen molar-refractivity contribution in [2.45, 2.75) is 30.4 Å². The maximum atomic E-state index is 12.4. The molecule has 0 saturated carbocycles. The van der Waals surface area contributed by atoms with Gasteiger partial charge in [-0.3, -0.25) is 9.79 Å². The standard InChI is InChI=1S/C18H27N5O4S.HI/c1-20-18(21-13-14-4-2-5-15(12-14)28(19,25)26)23-9-7-22(8-10-23)17(24)16-6-3-11-27-16;/h2,4-5,12,16H,3,6-11,13H2,1H3,(H,20,21)(H2,19,25,26);1H. The van der Waals surface area contributed by atoms with Crippen molar-refractivity contribution in [3.8, 4) is 0 Å². The van der Waals surface area contributed by atoms with Crippen molar-refractivity contribution >= 4 is 45.9 Å². The Morgan fingerprint density at radius 2 is 1.97 bits per heavy atom. The third kappa shape index (κ3) is 6.27. The molecule has 2 heterocycles. The molecule has 0 radical (unpaired) electrons. The third-order valence-corrected chi connectivity index (χ3v) is 5.90. The number of aliphatic imine (C=N–C) groups is 1. The molecule has 1 aromatic rings. The lowest BCUT2D eigenvalue weighted by Crippen LogP contribution is -2.55. The summed E-state index contributed by atoms with van der Waals surface area (Å²) in [5, 5.41) is 8.43. The number of sulfonamides is 1. The number of guanidine groups is 1. The number of rotatable bonds is 4. The normalized spacial score (nSPS) is 20.3. The van der Waals surface area contributed by atoms with Crippen LogP contribution in [-0.4, -0.2) is 76.0 Å². The van der Waals surface area contributed by atoms with E-state index in [-0.39, 0.29) is 40.9 Å². The summed E-state index contributed by atoms with van der Waals surface area (Å²) in [5.41, 5.74) is 0.792. The number of hydrogen-bond donors (Lipinski definition) is 2. The number of hydrogen-bond acceptors (Lipinski definition) is 5. The molecule has 0 spiro atoms. The highest BCUT2D eigenvalue weighted by Crippen LogP contribution is 2.16. The van der Waals surface area contributed by atoms with E-state index in [0.29, 0.717) is 45.3 Å². The first-order valence-electron chi connectivity index (χ1n) is 9.36. The largest absolute Gasteiger partial charge is 0.368 e. The number of primary sulfonamides is 1. The van der Waals surface area contributed by atoms with Gasteiger partial charge < -0.3 is 19.9 Å². The highest BCUT2D eigenvalue weighted by Gasteiger charge is 2.30. The van der Waals surface area contributed by atoms with Crippen molar-refractivity contribution in [1.82, 2.24) is 15.1 Å². The number of ether oxygens (including phenoxy) is 1. The average Bonchev–Trinajstić information content (AvgIpc) is 3.23. The first-order chi connectivity index (χ1) is 13.4. The minimum atomic E-state index is -3.73. The summed E-state index contributed by atoms with van der Waals surface area (Å²) < 4.78 is 28.5. The third-order valence-electron chi connectivity index (χ3n) is 4.99. The van der Waals surface area contributed by atoms with E-state index in [1.165, 1.54) is 6.07 Å². The van der Waals surface area contributed by atoms with Crippen LogP contribution in [-0.2, 0) is 26.1 Å². The van der Waals surface area contributed by atoms with Crippen LogP contribution in [0.3, 0.4) is 0 Å². The molecule has 2 aliphatic heterocycles. The second-order valence-corrected chi connectivity index (χ2v) is 8.47. The highest BCUT2D eigenvalue weighted by molar-refractivity contribution is 14.0. The lowest BCUT2D eigenvalue weighted by atomic mass is 10.2. The molecule has 1 unspecified atom stereocenters. The quantitative estimate of drug-likeness (QED) is 0.325. The van der Waals surface area contributed by atoms with Gasteiger partial charge >= 0.3 is 0 Å². The number of carbonyl (C=O) groups excluding carboxylic acids is 1. The van der Waals surface area contributed by atoms with Crippen LogP contribution in [0.5, 0.6) is 0 Å². The Labute approximate surface area is 188 Å². The van der Waals surface area contributed by atoms with E-state index in [2.05, 4.69) is 15.2 Å². The van der Waals surface area contributed by atoms with Crippen molar-refractivity contribution in [3.05, 3.63) is 29.8 Å². The van der Waals surface area contributed by atoms with Crippen LogP contribution < -0.4 is 10.5 Å². The zero-order chi connectivity index (χ0) is 20.1. The molecule has 2 aliphatic rings. The minimum Gasteiger partial charge on any atom is -0.368 e. The van der Waals surface area contributed by atoms with Gasteiger partial charge in [-0.15, -0.1) is 24.0 Å². The Morgan fingerprint density at radius 3 is 2.55 bits per heavy atom. The summed E-state index contributed by atoms with van der Waals surface area (Å²) in [5.74, 6) is 0.796. The molecule has 29 heavy (non-hydrogen) atoms. The highest BCUT2D eigenvalue weighted by atomic mass is 127. The molecular weight excluding hydrogens is 509 g/mol. The Bertz CT molecular complexity index is 834. The van der Waals surface area contributed by atoms with Gasteiger partial charge in [-0.2, -0.15) is 0 Å². The number of nitrogens with zero attached hydrogens (tertiary/aromatic N) is 3. The molecule has 162 valence electrons. The number of nitrogens with one attached hydrogen (secondary N) is 1. The summed E-state index contributed by atoms with van der Waals surface area (Å²) in [6.07, 6.45) is 1.47. The average molecular weight is 537 g/mol. The summed E-state index contributed by atoms with van der Waals surface area (Å²) in [6.45, 7) is 3.69. The predicted octanol–water partition coefficient (Wildman–Crippen LogP) is 0.351. The lowest BCUT2D eigenvalue weighted by molar-refractivity contribution is -0.142. The van der Waals surface area contributed by atoms with Crippen molar-refractivity contribution in [1.29, 1.82) is 0 Å². The van der Waals surface area contributed by atoms with Crippen LogP contribution in [0.4, 0.5) is 0 Å². The van der Waals surface area contributed by atoms with E-state index in [9.17, 15) is 13.2 Å². The zero-order valence-electron chi connectivity index (χ0n) is 16.4. The first-order valence-corrected chi connectivity index (χ1v) is 10.9. The van der Waals surface area contributed by atoms with E-state index < -0.39 is 10.0 Å². The SMILES string of the molecule is CN=C(NCc1cccc(S(N)(=O)=O)c1)N1CCN(C(=O)C2CCCO2)CC1.I. The van der Waals surface area contributed by atoms with Gasteiger partial charge in [0.05, 0.1) is 4.90 Å². The molecule has 9 nitrogen and oxygen atoms in total. The maximum absolute atomic E-state index is 12.4. The Morgan fingerprint density at radius 1 is 1.28 bits per heavy atom. The Balaban J connectivity index is 0.00000300. The van der Waals surface area contributed by atoms with Gasteiger partial charge in [0.15, 0.2) is 5.96 Å². The molecule has 1 atom stereocenters. The van der Waals surface area contributed by atoms with E-state index in [0.717, 1.165) is 18.4 Å². The summed E-state index contributed by atoms with van der Waals surface area (Å²) in [4.78, 5) is 20.8. The summed E-state index contributed by atoms with van der Waals surface area (Å²) in [6, 6.07) is 6.51. The fourth-order valence-electron chi connectivity index (χ4n) is 3.46. The molecule has 1 amide bonds. The Hall–Kier alpha value is -1.44. The van der Waals surface area contributed by atoms with Gasteiger partial charge in [0.1, 0.15) is 6.10 Å². The van der Waals surface area contributed by atoms with Gasteiger partial charge in [0.2, 0.25) is 10.0 Å². The van der Waals surface area contributed by atoms with E-state index in [1.807, 2.05) is 11.0 Å². The fraction of sp³-hybridized carbons (Fsp3) is 0.556. The second kappa shape index (κ2) is 10.5. The van der Waals surface area contributed by atoms with Crippen molar-refractivity contribution < 1.29 is 17.9 Å².